The molecule has 0 atom stereocenters. The summed E-state index contributed by atoms with van der Waals surface area (Å²) in [5, 5.41) is 0. The van der Waals surface area contributed by atoms with E-state index in [1.54, 1.807) is 0 Å². The van der Waals surface area contributed by atoms with Crippen molar-refractivity contribution in [3.05, 3.63) is 0 Å². The lowest BCUT2D eigenvalue weighted by Gasteiger charge is -1.86. The van der Waals surface area contributed by atoms with Gasteiger partial charge < -0.3 is 0 Å². The molecule has 0 heterocycles. The molecule has 0 saturated carbocycles. The second-order valence-corrected chi connectivity index (χ2v) is 2.71. The standard InChI is InChI=1S/C6H14.C4H10.C2H6/c1-3-5-6-4-2;1-3-4-2;1-2/h3-6H2,1-2H3;3-4H2,1-2H3;1-2H3. The molecule has 78 valence electrons. The van der Waals surface area contributed by atoms with Crippen molar-refractivity contribution in [3.8, 4) is 0 Å². The zero-order chi connectivity index (χ0) is 10.2. The van der Waals surface area contributed by atoms with Crippen molar-refractivity contribution in [1.29, 1.82) is 0 Å². The Kier molecular flexibility index (Phi) is 45.6. The van der Waals surface area contributed by atoms with Gasteiger partial charge in [-0.25, -0.2) is 0 Å². The summed E-state index contributed by atoms with van der Waals surface area (Å²) in [7, 11) is 0. The van der Waals surface area contributed by atoms with Crippen molar-refractivity contribution in [3.63, 3.8) is 0 Å². The van der Waals surface area contributed by atoms with Gasteiger partial charge >= 0.3 is 0 Å². The first-order valence-corrected chi connectivity index (χ1v) is 5.83. The highest BCUT2D eigenvalue weighted by Gasteiger charge is 1.75. The maximum Gasteiger partial charge on any atom is -0.0536 e. The number of hydrogen-bond donors (Lipinski definition) is 0. The molecule has 0 aliphatic carbocycles. The third-order valence-corrected chi connectivity index (χ3v) is 1.46. The molecule has 12 heavy (non-hydrogen) atoms. The normalized spacial score (nSPS) is 7.50. The smallest absolute Gasteiger partial charge is 0.0536 e. The first-order chi connectivity index (χ1) is 5.83. The summed E-state index contributed by atoms with van der Waals surface area (Å²) in [6.45, 7) is 12.8. The van der Waals surface area contributed by atoms with E-state index in [9.17, 15) is 0 Å². The summed E-state index contributed by atoms with van der Waals surface area (Å²) < 4.78 is 0. The van der Waals surface area contributed by atoms with Crippen LogP contribution in [0, 0.1) is 0 Å². The first-order valence-electron chi connectivity index (χ1n) is 5.83. The van der Waals surface area contributed by atoms with E-state index in [-0.39, 0.29) is 0 Å². The van der Waals surface area contributed by atoms with Crippen LogP contribution in [-0.4, -0.2) is 0 Å². The van der Waals surface area contributed by atoms with Crippen LogP contribution in [0.2, 0.25) is 0 Å². The van der Waals surface area contributed by atoms with E-state index in [1.807, 2.05) is 13.8 Å². The molecule has 0 aliphatic heterocycles. The van der Waals surface area contributed by atoms with Gasteiger partial charge in [0.25, 0.3) is 0 Å². The van der Waals surface area contributed by atoms with Crippen LogP contribution in [0.3, 0.4) is 0 Å². The van der Waals surface area contributed by atoms with E-state index in [2.05, 4.69) is 27.7 Å². The van der Waals surface area contributed by atoms with Gasteiger partial charge in [0.15, 0.2) is 0 Å². The third kappa shape index (κ3) is 50.6. The number of rotatable bonds is 4. The Bertz CT molecular complexity index is 25.0. The van der Waals surface area contributed by atoms with Gasteiger partial charge in [-0.05, 0) is 0 Å². The monoisotopic (exact) mass is 174 g/mol. The van der Waals surface area contributed by atoms with Crippen molar-refractivity contribution in [2.45, 2.75) is 80.1 Å². The Morgan fingerprint density at radius 1 is 0.500 bits per heavy atom. The molecule has 0 aromatic rings. The van der Waals surface area contributed by atoms with Gasteiger partial charge in [0.1, 0.15) is 0 Å². The van der Waals surface area contributed by atoms with Gasteiger partial charge in [0.2, 0.25) is 0 Å². The van der Waals surface area contributed by atoms with Crippen LogP contribution in [0.1, 0.15) is 80.1 Å². The highest BCUT2D eigenvalue weighted by Crippen LogP contribution is 1.95. The molecule has 0 radical (unpaired) electrons. The molecular formula is C12H30. The second kappa shape index (κ2) is 30.6. The largest absolute Gasteiger partial charge is 0.0683 e. The Morgan fingerprint density at radius 3 is 0.833 bits per heavy atom. The lowest BCUT2D eigenvalue weighted by molar-refractivity contribution is 0.702. The summed E-state index contributed by atoms with van der Waals surface area (Å²) >= 11 is 0. The molecule has 0 unspecified atom stereocenters. The fourth-order valence-electron chi connectivity index (χ4n) is 0.500. The Hall–Kier alpha value is 0. The molecule has 0 spiro atoms. The topological polar surface area (TPSA) is 0 Å². The highest BCUT2D eigenvalue weighted by molar-refractivity contribution is 4.31. The quantitative estimate of drug-likeness (QED) is 0.499. The average Bonchev–Trinajstić information content (AvgIpc) is 2.18. The average molecular weight is 174 g/mol. The summed E-state index contributed by atoms with van der Waals surface area (Å²) in [5.74, 6) is 0. The molecule has 0 bridgehead atoms. The fourth-order valence-corrected chi connectivity index (χ4v) is 0.500. The summed E-state index contributed by atoms with van der Waals surface area (Å²) in [5.41, 5.74) is 0. The molecule has 0 N–H and O–H groups in total. The van der Waals surface area contributed by atoms with Gasteiger partial charge in [-0.3, -0.25) is 0 Å². The minimum atomic E-state index is 1.32. The molecule has 0 aromatic heterocycles. The molecule has 0 amide bonds. The van der Waals surface area contributed by atoms with Crippen LogP contribution in [0.5, 0.6) is 0 Å². The van der Waals surface area contributed by atoms with Crippen LogP contribution in [0.25, 0.3) is 0 Å². The van der Waals surface area contributed by atoms with Crippen molar-refractivity contribution in [2.24, 2.45) is 0 Å². The first kappa shape index (κ1) is 17.9. The zero-order valence-electron chi connectivity index (χ0n) is 10.2. The third-order valence-electron chi connectivity index (χ3n) is 1.46. The molecule has 0 heteroatoms. The summed E-state index contributed by atoms with van der Waals surface area (Å²) in [6.07, 6.45) is 8.18. The predicted molar refractivity (Wildman–Crippen MR) is 61.7 cm³/mol. The number of hydrogen-bond acceptors (Lipinski definition) is 0. The highest BCUT2D eigenvalue weighted by atomic mass is 13.8. The van der Waals surface area contributed by atoms with E-state index in [4.69, 9.17) is 0 Å². The van der Waals surface area contributed by atoms with Crippen LogP contribution >= 0.6 is 0 Å². The van der Waals surface area contributed by atoms with Gasteiger partial charge in [-0.15, -0.1) is 0 Å². The Morgan fingerprint density at radius 2 is 0.750 bits per heavy atom. The second-order valence-electron chi connectivity index (χ2n) is 2.71. The minimum Gasteiger partial charge on any atom is -0.0683 e. The van der Waals surface area contributed by atoms with E-state index in [0.29, 0.717) is 0 Å². The fraction of sp³-hybridized carbons (Fsp3) is 1.00. The van der Waals surface area contributed by atoms with Gasteiger partial charge in [0, 0.05) is 0 Å². The maximum atomic E-state index is 2.23. The van der Waals surface area contributed by atoms with Crippen molar-refractivity contribution >= 4 is 0 Å². The minimum absolute atomic E-state index is 1.32. The van der Waals surface area contributed by atoms with Crippen LogP contribution in [0.15, 0.2) is 0 Å². The summed E-state index contributed by atoms with van der Waals surface area (Å²) in [4.78, 5) is 0. The molecule has 0 fully saturated rings. The zero-order valence-corrected chi connectivity index (χ0v) is 10.2. The van der Waals surface area contributed by atoms with E-state index < -0.39 is 0 Å². The molecule has 0 nitrogen and oxygen atoms in total. The van der Waals surface area contributed by atoms with Gasteiger partial charge in [-0.2, -0.15) is 0 Å². The SMILES string of the molecule is CC.CCCC.CCCCCC. The molecular weight excluding hydrogens is 144 g/mol. The summed E-state index contributed by atoms with van der Waals surface area (Å²) in [6, 6.07) is 0. The van der Waals surface area contributed by atoms with Crippen molar-refractivity contribution in [1.82, 2.24) is 0 Å². The van der Waals surface area contributed by atoms with Crippen molar-refractivity contribution in [2.75, 3.05) is 0 Å². The van der Waals surface area contributed by atoms with E-state index in [0.717, 1.165) is 0 Å². The molecule has 0 saturated heterocycles. The van der Waals surface area contributed by atoms with Crippen LogP contribution < -0.4 is 0 Å². The molecule has 0 aromatic carbocycles. The number of unbranched alkanes of at least 4 members (excludes halogenated alkanes) is 4. The Balaban J connectivity index is -0.000000118. The van der Waals surface area contributed by atoms with Gasteiger partial charge in [-0.1, -0.05) is 80.1 Å². The van der Waals surface area contributed by atoms with Crippen molar-refractivity contribution < 1.29 is 0 Å². The van der Waals surface area contributed by atoms with Crippen LogP contribution in [0.4, 0.5) is 0 Å². The predicted octanol–water partition coefficient (Wildman–Crippen LogP) is 5.42. The lowest BCUT2D eigenvalue weighted by Crippen LogP contribution is -1.66. The molecule has 0 rings (SSSR count). The van der Waals surface area contributed by atoms with Gasteiger partial charge in [0.05, 0.1) is 0 Å². The molecule has 0 aliphatic rings. The van der Waals surface area contributed by atoms with E-state index >= 15 is 0 Å². The Labute approximate surface area is 80.8 Å². The lowest BCUT2D eigenvalue weighted by atomic mass is 10.2. The maximum absolute atomic E-state index is 2.23. The van der Waals surface area contributed by atoms with E-state index in [1.165, 1.54) is 38.5 Å². The van der Waals surface area contributed by atoms with Crippen LogP contribution in [-0.2, 0) is 0 Å².